The molecule has 0 spiro atoms. The van der Waals surface area contributed by atoms with Gasteiger partial charge in [-0.05, 0) is 25.8 Å². The number of hydrogen-bond acceptors (Lipinski definition) is 5. The van der Waals surface area contributed by atoms with Gasteiger partial charge < -0.3 is 15.8 Å². The van der Waals surface area contributed by atoms with E-state index in [0.717, 1.165) is 0 Å². The van der Waals surface area contributed by atoms with Crippen LogP contribution in [0.5, 0.6) is 0 Å². The molecule has 1 aliphatic carbocycles. The van der Waals surface area contributed by atoms with Gasteiger partial charge in [0.25, 0.3) is 0 Å². The van der Waals surface area contributed by atoms with Crippen molar-refractivity contribution in [3.05, 3.63) is 0 Å². The van der Waals surface area contributed by atoms with Gasteiger partial charge in [-0.25, -0.2) is 4.79 Å². The van der Waals surface area contributed by atoms with E-state index in [1.807, 2.05) is 11.9 Å². The standard InChI is InChI=1S/C12H24N4O3/c1-16(10(7-13)9-3-4-9)8-11(17)15-12(18)14-5-6-19-2/h9-10H,3-8,13H2,1-2H3,(H2,14,15,17,18). The van der Waals surface area contributed by atoms with Crippen LogP contribution in [0, 0.1) is 5.92 Å². The predicted octanol–water partition coefficient (Wildman–Crippen LogP) is -0.872. The van der Waals surface area contributed by atoms with E-state index in [0.29, 0.717) is 25.6 Å². The summed E-state index contributed by atoms with van der Waals surface area (Å²) < 4.78 is 4.79. The first-order chi connectivity index (χ1) is 9.08. The van der Waals surface area contributed by atoms with Gasteiger partial charge in [0.1, 0.15) is 0 Å². The van der Waals surface area contributed by atoms with Crippen LogP contribution in [0.1, 0.15) is 12.8 Å². The number of urea groups is 1. The first-order valence-corrected chi connectivity index (χ1v) is 6.55. The van der Waals surface area contributed by atoms with Gasteiger partial charge in [-0.1, -0.05) is 0 Å². The average molecular weight is 272 g/mol. The molecule has 1 fully saturated rings. The smallest absolute Gasteiger partial charge is 0.321 e. The summed E-state index contributed by atoms with van der Waals surface area (Å²) >= 11 is 0. The third-order valence-corrected chi connectivity index (χ3v) is 3.21. The fourth-order valence-electron chi connectivity index (χ4n) is 2.03. The molecule has 1 saturated carbocycles. The molecule has 0 aromatic carbocycles. The zero-order valence-electron chi connectivity index (χ0n) is 11.6. The van der Waals surface area contributed by atoms with Gasteiger partial charge in [0, 0.05) is 26.2 Å². The molecule has 7 heteroatoms. The molecule has 19 heavy (non-hydrogen) atoms. The van der Waals surface area contributed by atoms with Crippen LogP contribution in [0.25, 0.3) is 0 Å². The third kappa shape index (κ3) is 6.00. The van der Waals surface area contributed by atoms with Gasteiger partial charge in [0.2, 0.25) is 5.91 Å². The molecule has 1 atom stereocenters. The number of likely N-dealkylation sites (N-methyl/N-ethyl adjacent to an activating group) is 1. The summed E-state index contributed by atoms with van der Waals surface area (Å²) in [6.45, 7) is 1.50. The molecule has 110 valence electrons. The lowest BCUT2D eigenvalue weighted by Crippen LogP contribution is -2.48. The highest BCUT2D eigenvalue weighted by Crippen LogP contribution is 2.34. The monoisotopic (exact) mass is 272 g/mol. The highest BCUT2D eigenvalue weighted by Gasteiger charge is 2.33. The normalized spacial score (nSPS) is 16.2. The van der Waals surface area contributed by atoms with Crippen molar-refractivity contribution in [3.63, 3.8) is 0 Å². The van der Waals surface area contributed by atoms with Crippen LogP contribution in [0.2, 0.25) is 0 Å². The van der Waals surface area contributed by atoms with Crippen LogP contribution in [-0.4, -0.2) is 63.3 Å². The van der Waals surface area contributed by atoms with E-state index in [1.165, 1.54) is 12.8 Å². The second-order valence-electron chi connectivity index (χ2n) is 4.85. The fraction of sp³-hybridized carbons (Fsp3) is 0.833. The minimum absolute atomic E-state index is 0.177. The van der Waals surface area contributed by atoms with Crippen LogP contribution < -0.4 is 16.4 Å². The third-order valence-electron chi connectivity index (χ3n) is 3.21. The number of ether oxygens (including phenoxy) is 1. The zero-order valence-corrected chi connectivity index (χ0v) is 11.6. The zero-order chi connectivity index (χ0) is 14.3. The van der Waals surface area contributed by atoms with E-state index in [-0.39, 0.29) is 18.5 Å². The molecule has 7 nitrogen and oxygen atoms in total. The van der Waals surface area contributed by atoms with E-state index in [1.54, 1.807) is 7.11 Å². The number of nitrogens with two attached hydrogens (primary N) is 1. The Kier molecular flexibility index (Phi) is 6.75. The highest BCUT2D eigenvalue weighted by molar-refractivity contribution is 5.95. The molecule has 0 saturated heterocycles. The summed E-state index contributed by atoms with van der Waals surface area (Å²) in [5.74, 6) is 0.273. The van der Waals surface area contributed by atoms with Crippen molar-refractivity contribution in [2.75, 3.05) is 40.4 Å². The molecular formula is C12H24N4O3. The van der Waals surface area contributed by atoms with Crippen molar-refractivity contribution in [2.45, 2.75) is 18.9 Å². The van der Waals surface area contributed by atoms with Crippen LogP contribution in [0.4, 0.5) is 4.79 Å². The van der Waals surface area contributed by atoms with Crippen molar-refractivity contribution < 1.29 is 14.3 Å². The SMILES string of the molecule is COCCNC(=O)NC(=O)CN(C)C(CN)C1CC1. The van der Waals surface area contributed by atoms with Gasteiger partial charge in [0.05, 0.1) is 13.2 Å². The predicted molar refractivity (Wildman–Crippen MR) is 71.6 cm³/mol. The van der Waals surface area contributed by atoms with Gasteiger partial charge in [-0.3, -0.25) is 15.0 Å². The van der Waals surface area contributed by atoms with Gasteiger partial charge in [-0.2, -0.15) is 0 Å². The van der Waals surface area contributed by atoms with Crippen molar-refractivity contribution in [1.82, 2.24) is 15.5 Å². The van der Waals surface area contributed by atoms with Gasteiger partial charge >= 0.3 is 6.03 Å². The molecule has 0 radical (unpaired) electrons. The molecule has 0 aliphatic heterocycles. The Labute approximate surface area is 113 Å². The highest BCUT2D eigenvalue weighted by atomic mass is 16.5. The summed E-state index contributed by atoms with van der Waals surface area (Å²) in [6, 6.07) is -0.270. The topological polar surface area (TPSA) is 96.7 Å². The maximum Gasteiger partial charge on any atom is 0.321 e. The lowest BCUT2D eigenvalue weighted by Gasteiger charge is -2.26. The quantitative estimate of drug-likeness (QED) is 0.499. The summed E-state index contributed by atoms with van der Waals surface area (Å²) in [6.07, 6.45) is 2.34. The van der Waals surface area contributed by atoms with E-state index in [9.17, 15) is 9.59 Å². The van der Waals surface area contributed by atoms with Crippen LogP contribution >= 0.6 is 0 Å². The van der Waals surface area contributed by atoms with Crippen LogP contribution in [0.3, 0.4) is 0 Å². The Hall–Kier alpha value is -1.18. The molecule has 4 N–H and O–H groups in total. The first-order valence-electron chi connectivity index (χ1n) is 6.55. The number of amides is 3. The average Bonchev–Trinajstić information content (AvgIpc) is 3.14. The molecule has 1 unspecified atom stereocenters. The first kappa shape index (κ1) is 15.9. The molecule has 1 rings (SSSR count). The number of nitrogens with one attached hydrogen (secondary N) is 2. The Balaban J connectivity index is 2.23. The number of carbonyl (C=O) groups excluding carboxylic acids is 2. The number of rotatable bonds is 8. The second-order valence-corrected chi connectivity index (χ2v) is 4.85. The lowest BCUT2D eigenvalue weighted by molar-refractivity contribution is -0.121. The minimum atomic E-state index is -0.494. The van der Waals surface area contributed by atoms with Crippen molar-refractivity contribution >= 4 is 11.9 Å². The second kappa shape index (κ2) is 8.08. The van der Waals surface area contributed by atoms with Crippen molar-refractivity contribution in [2.24, 2.45) is 11.7 Å². The number of methoxy groups -OCH3 is 1. The Morgan fingerprint density at radius 2 is 2.16 bits per heavy atom. The number of carbonyl (C=O) groups is 2. The maximum absolute atomic E-state index is 11.7. The number of hydrogen-bond donors (Lipinski definition) is 3. The Morgan fingerprint density at radius 1 is 1.47 bits per heavy atom. The Bertz CT molecular complexity index is 307. The molecule has 0 aromatic rings. The maximum atomic E-state index is 11.7. The van der Waals surface area contributed by atoms with E-state index in [2.05, 4.69) is 10.6 Å². The van der Waals surface area contributed by atoms with Crippen LogP contribution in [0.15, 0.2) is 0 Å². The number of nitrogens with zero attached hydrogens (tertiary/aromatic N) is 1. The molecule has 0 bridgehead atoms. The van der Waals surface area contributed by atoms with Crippen molar-refractivity contribution in [3.8, 4) is 0 Å². The molecule has 0 heterocycles. The molecular weight excluding hydrogens is 248 g/mol. The number of imide groups is 1. The summed E-state index contributed by atoms with van der Waals surface area (Å²) in [7, 11) is 3.41. The Morgan fingerprint density at radius 3 is 2.68 bits per heavy atom. The lowest BCUT2D eigenvalue weighted by atomic mass is 10.1. The van der Waals surface area contributed by atoms with Gasteiger partial charge in [0.15, 0.2) is 0 Å². The molecule has 3 amide bonds. The van der Waals surface area contributed by atoms with E-state index >= 15 is 0 Å². The minimum Gasteiger partial charge on any atom is -0.383 e. The molecule has 1 aliphatic rings. The summed E-state index contributed by atoms with van der Waals surface area (Å²) in [5.41, 5.74) is 5.71. The van der Waals surface area contributed by atoms with E-state index < -0.39 is 6.03 Å². The summed E-state index contributed by atoms with van der Waals surface area (Å²) in [5, 5.41) is 4.81. The van der Waals surface area contributed by atoms with Crippen molar-refractivity contribution in [1.29, 1.82) is 0 Å². The molecule has 0 aromatic heterocycles. The van der Waals surface area contributed by atoms with E-state index in [4.69, 9.17) is 10.5 Å². The fourth-order valence-corrected chi connectivity index (χ4v) is 2.03. The largest absolute Gasteiger partial charge is 0.383 e. The van der Waals surface area contributed by atoms with Gasteiger partial charge in [-0.15, -0.1) is 0 Å². The summed E-state index contributed by atoms with van der Waals surface area (Å²) in [4.78, 5) is 24.9. The van der Waals surface area contributed by atoms with Crippen LogP contribution in [-0.2, 0) is 9.53 Å².